The van der Waals surface area contributed by atoms with Crippen LogP contribution in [0.25, 0.3) is 0 Å². The molecule has 0 bridgehead atoms. The van der Waals surface area contributed by atoms with E-state index in [1.54, 1.807) is 27.7 Å². The monoisotopic (exact) mass is 483 g/mol. The Bertz CT molecular complexity index is 326. The van der Waals surface area contributed by atoms with E-state index < -0.39 is 12.2 Å². The summed E-state index contributed by atoms with van der Waals surface area (Å²) in [5.41, 5.74) is 3.49. The second kappa shape index (κ2) is 20.1. The topological polar surface area (TPSA) is 46.1 Å². The molecule has 0 aromatic heterocycles. The molecule has 0 saturated heterocycles. The van der Waals surface area contributed by atoms with Gasteiger partial charge < -0.3 is 10.2 Å². The van der Waals surface area contributed by atoms with E-state index in [2.05, 4.69) is 75.3 Å². The minimum atomic E-state index is -0.417. The normalized spacial score (nSPS) is 19.2. The Morgan fingerprint density at radius 1 is 0.759 bits per heavy atom. The van der Waals surface area contributed by atoms with Crippen molar-refractivity contribution in [3.63, 3.8) is 0 Å². The second-order valence-corrected chi connectivity index (χ2v) is 15.2. The van der Waals surface area contributed by atoms with Crippen LogP contribution in [0.1, 0.15) is 109 Å². The van der Waals surface area contributed by atoms with Gasteiger partial charge >= 0.3 is 46.0 Å². The number of hydrogen-bond acceptors (Lipinski definition) is 2. The fraction of sp³-hybridized carbons (Fsp3) is 1.00. The summed E-state index contributed by atoms with van der Waals surface area (Å²) in [6.07, 6.45) is 5.11. The average molecular weight is 484 g/mol. The van der Waals surface area contributed by atoms with E-state index >= 15 is 0 Å². The van der Waals surface area contributed by atoms with Gasteiger partial charge in [0.25, 0.3) is 0 Å². The Hall–Kier alpha value is 1.49. The van der Waals surface area contributed by atoms with E-state index in [0.29, 0.717) is 5.41 Å². The summed E-state index contributed by atoms with van der Waals surface area (Å²) in [4.78, 5) is 0. The second-order valence-electron chi connectivity index (χ2n) is 10.1. The van der Waals surface area contributed by atoms with Crippen LogP contribution in [0.5, 0.6) is 0 Å². The van der Waals surface area contributed by atoms with E-state index in [4.69, 9.17) is 0 Å². The fourth-order valence-electron chi connectivity index (χ4n) is 3.67. The van der Waals surface area contributed by atoms with E-state index in [0.717, 1.165) is 35.4 Å². The van der Waals surface area contributed by atoms with Gasteiger partial charge in [-0.2, -0.15) is 0 Å². The third kappa shape index (κ3) is 22.5. The van der Waals surface area contributed by atoms with Crippen LogP contribution in [0.3, 0.4) is 0 Å². The molecule has 0 N–H and O–H groups in total. The molecule has 1 aliphatic rings. The van der Waals surface area contributed by atoms with Crippen LogP contribution >= 0.6 is 15.2 Å². The molecular weight excluding hydrogens is 430 g/mol. The summed E-state index contributed by atoms with van der Waals surface area (Å²) in [5, 5.41) is 19.1. The van der Waals surface area contributed by atoms with Crippen LogP contribution in [0, 0.1) is 17.3 Å². The van der Waals surface area contributed by atoms with Gasteiger partial charge in [0.2, 0.25) is 0 Å². The maximum atomic E-state index is 9.53. The first-order valence-electron chi connectivity index (χ1n) is 11.6. The molecule has 0 amide bonds. The molecule has 2 nitrogen and oxygen atoms in total. The van der Waals surface area contributed by atoms with Gasteiger partial charge in [-0.1, -0.05) is 75.7 Å². The molecule has 0 radical (unpaired) electrons. The molecule has 0 aliphatic heterocycles. The van der Waals surface area contributed by atoms with Crippen molar-refractivity contribution >= 4 is 15.2 Å². The van der Waals surface area contributed by atoms with Gasteiger partial charge in [0.1, 0.15) is 0 Å². The molecule has 3 atom stereocenters. The molecule has 1 aliphatic carbocycles. The van der Waals surface area contributed by atoms with Crippen LogP contribution in [0.2, 0.25) is 0 Å². The molecule has 0 aromatic carbocycles. The van der Waals surface area contributed by atoms with E-state index in [1.807, 2.05) is 0 Å². The van der Waals surface area contributed by atoms with Gasteiger partial charge in [-0.05, 0) is 47.8 Å². The average Bonchev–Trinajstić information content (AvgIpc) is 2.53. The molecule has 0 spiro atoms. The summed E-state index contributed by atoms with van der Waals surface area (Å²) in [5.74, 6) is 1.71. The fourth-order valence-corrected chi connectivity index (χ4v) is 5.48. The van der Waals surface area contributed by atoms with Crippen LogP contribution in [-0.4, -0.2) is 29.2 Å². The van der Waals surface area contributed by atoms with Gasteiger partial charge in [0.15, 0.2) is 0 Å². The first-order chi connectivity index (χ1) is 13.1. The summed E-state index contributed by atoms with van der Waals surface area (Å²) in [6.45, 7) is 26.6. The Morgan fingerprint density at radius 2 is 1.10 bits per heavy atom. The molecule has 1 saturated carbocycles. The summed E-state index contributed by atoms with van der Waals surface area (Å²) in [6, 6.07) is 0. The Balaban J connectivity index is -0.000000426. The predicted molar refractivity (Wildman–Crippen MR) is 132 cm³/mol. The zero-order valence-electron chi connectivity index (χ0n) is 21.7. The maximum absolute atomic E-state index is 9.53. The quantitative estimate of drug-likeness (QED) is 0.338. The van der Waals surface area contributed by atoms with E-state index in [-0.39, 0.29) is 0 Å². The van der Waals surface area contributed by atoms with Gasteiger partial charge in [-0.15, -0.1) is 20.8 Å². The predicted octanol–water partition coefficient (Wildman–Crippen LogP) is 6.36. The van der Waals surface area contributed by atoms with Crippen LogP contribution in [0.15, 0.2) is 0 Å². The molecule has 29 heavy (non-hydrogen) atoms. The van der Waals surface area contributed by atoms with Crippen molar-refractivity contribution in [2.24, 2.45) is 17.3 Å². The van der Waals surface area contributed by atoms with Crippen molar-refractivity contribution in [3.8, 4) is 0 Å². The first-order valence-corrected chi connectivity index (χ1v) is 16.2. The van der Waals surface area contributed by atoms with Crippen LogP contribution in [0.4, 0.5) is 0 Å². The molecular formula is C24H53O2P2Ti. The summed E-state index contributed by atoms with van der Waals surface area (Å²) < 4.78 is 0. The molecule has 1 fully saturated rings. The molecule has 175 valence electrons. The van der Waals surface area contributed by atoms with Crippen molar-refractivity contribution in [2.45, 2.75) is 138 Å². The van der Waals surface area contributed by atoms with E-state index in [9.17, 15) is 10.2 Å². The summed E-state index contributed by atoms with van der Waals surface area (Å²) in [7, 11) is 1.19. The SMILES string of the molecule is CC(C)PC1CCCC(C(C)C)(C(C)C)C1.CC(C)[O-].CC(C)[O-].CC(C)[PH][Ti+2]. The standard InChI is InChI=1S/C15H31P.2C3H7O.C3H8P.Ti/c1-11(2)15(12(3)4)9-7-8-14(10-15)16-13(5)6;3*1-3(2)4;/h11-14,16H,7-10H2,1-6H3;2*3H,1-2H3;3-4H,1-2H3;/q;3*-1;+3. The first kappa shape index (κ1) is 35.1. The zero-order chi connectivity index (χ0) is 23.8. The molecule has 5 heteroatoms. The number of rotatable bonds is 5. The molecule has 3 unspecified atom stereocenters. The zero-order valence-corrected chi connectivity index (χ0v) is 25.2. The molecule has 1 rings (SSSR count). The van der Waals surface area contributed by atoms with Crippen molar-refractivity contribution in [1.82, 2.24) is 0 Å². The van der Waals surface area contributed by atoms with Crippen molar-refractivity contribution in [2.75, 3.05) is 0 Å². The minimum absolute atomic E-state index is 0.417. The number of hydrogen-bond donors (Lipinski definition) is 0. The summed E-state index contributed by atoms with van der Waals surface area (Å²) >= 11 is 2.23. The van der Waals surface area contributed by atoms with Crippen molar-refractivity contribution in [3.05, 3.63) is 0 Å². The third-order valence-corrected chi connectivity index (χ3v) is 9.89. The Labute approximate surface area is 200 Å². The van der Waals surface area contributed by atoms with Gasteiger partial charge in [-0.25, -0.2) is 0 Å². The van der Waals surface area contributed by atoms with Crippen molar-refractivity contribution < 1.29 is 30.1 Å². The van der Waals surface area contributed by atoms with Crippen molar-refractivity contribution in [1.29, 1.82) is 0 Å². The third-order valence-electron chi connectivity index (χ3n) is 4.98. The molecule has 0 aromatic rings. The van der Waals surface area contributed by atoms with Gasteiger partial charge in [0, 0.05) is 0 Å². The van der Waals surface area contributed by atoms with Gasteiger partial charge in [0.05, 0.1) is 0 Å². The van der Waals surface area contributed by atoms with Gasteiger partial charge in [-0.3, -0.25) is 0 Å². The van der Waals surface area contributed by atoms with Crippen LogP contribution in [-0.2, 0) is 19.9 Å². The Kier molecular flexibility index (Phi) is 24.4. The van der Waals surface area contributed by atoms with E-state index in [1.165, 1.54) is 34.3 Å². The Morgan fingerprint density at radius 3 is 1.34 bits per heavy atom. The van der Waals surface area contributed by atoms with Crippen LogP contribution < -0.4 is 10.2 Å². The molecule has 0 heterocycles.